The molecule has 0 aliphatic rings. The van der Waals surface area contributed by atoms with Gasteiger partial charge < -0.3 is 10.4 Å². The van der Waals surface area contributed by atoms with Gasteiger partial charge in [0.25, 0.3) is 11.6 Å². The van der Waals surface area contributed by atoms with Crippen LogP contribution in [0, 0.1) is 10.1 Å². The van der Waals surface area contributed by atoms with E-state index in [0.717, 1.165) is 0 Å². The Bertz CT molecular complexity index is 782. The number of aryl methyl sites for hydroxylation is 1. The topological polar surface area (TPSA) is 127 Å². The predicted molar refractivity (Wildman–Crippen MR) is 89.1 cm³/mol. The molecular weight excluding hydrogens is 328 g/mol. The van der Waals surface area contributed by atoms with Gasteiger partial charge in [0.15, 0.2) is 0 Å². The van der Waals surface area contributed by atoms with Crippen molar-refractivity contribution in [3.8, 4) is 11.3 Å². The van der Waals surface area contributed by atoms with Crippen molar-refractivity contribution in [3.05, 3.63) is 46.1 Å². The molecule has 0 bridgehead atoms. The lowest BCUT2D eigenvalue weighted by atomic mass is 10.1. The van der Waals surface area contributed by atoms with Crippen molar-refractivity contribution in [2.45, 2.75) is 19.3 Å². The molecule has 0 saturated heterocycles. The summed E-state index contributed by atoms with van der Waals surface area (Å²) in [6.45, 7) is 0.362. The summed E-state index contributed by atoms with van der Waals surface area (Å²) < 4.78 is 1.50. The summed E-state index contributed by atoms with van der Waals surface area (Å²) in [5.74, 6) is -1.18. The number of nitro benzene ring substituents is 1. The Hall–Kier alpha value is -3.23. The number of nitrogens with one attached hydrogen (secondary N) is 1. The van der Waals surface area contributed by atoms with Crippen molar-refractivity contribution in [1.29, 1.82) is 0 Å². The van der Waals surface area contributed by atoms with Crippen molar-refractivity contribution < 1.29 is 19.6 Å². The number of hydrogen-bond donors (Lipinski definition) is 2. The first-order valence-corrected chi connectivity index (χ1v) is 7.67. The van der Waals surface area contributed by atoms with Gasteiger partial charge in [-0.25, -0.2) is 0 Å². The molecule has 9 nitrogen and oxygen atoms in total. The van der Waals surface area contributed by atoms with Gasteiger partial charge in [-0.1, -0.05) is 0 Å². The highest BCUT2D eigenvalue weighted by Gasteiger charge is 2.17. The summed E-state index contributed by atoms with van der Waals surface area (Å²) in [5.41, 5.74) is 1.35. The maximum absolute atomic E-state index is 12.3. The Morgan fingerprint density at radius 2 is 1.96 bits per heavy atom. The molecular formula is C16H18N4O5. The molecule has 1 heterocycles. The zero-order valence-corrected chi connectivity index (χ0v) is 13.6. The molecule has 1 aromatic heterocycles. The third-order valence-corrected chi connectivity index (χ3v) is 3.53. The summed E-state index contributed by atoms with van der Waals surface area (Å²) in [6.07, 6.45) is 2.68. The second kappa shape index (κ2) is 8.04. The van der Waals surface area contributed by atoms with Crippen molar-refractivity contribution in [3.63, 3.8) is 0 Å². The first-order chi connectivity index (χ1) is 11.9. The second-order valence-electron chi connectivity index (χ2n) is 5.48. The Balaban J connectivity index is 2.07. The summed E-state index contributed by atoms with van der Waals surface area (Å²) in [6, 6.07) is 5.81. The highest BCUT2D eigenvalue weighted by Crippen LogP contribution is 2.24. The summed E-state index contributed by atoms with van der Waals surface area (Å²) in [4.78, 5) is 33.0. The van der Waals surface area contributed by atoms with Gasteiger partial charge in [-0.3, -0.25) is 24.4 Å². The van der Waals surface area contributed by atoms with Crippen LogP contribution in [-0.2, 0) is 11.8 Å². The number of unbranched alkanes of at least 4 members (excludes halogenated alkanes) is 1. The van der Waals surface area contributed by atoms with E-state index in [1.54, 1.807) is 25.4 Å². The summed E-state index contributed by atoms with van der Waals surface area (Å²) in [5, 5.41) is 26.3. The van der Waals surface area contributed by atoms with Crippen LogP contribution >= 0.6 is 0 Å². The smallest absolute Gasteiger partial charge is 0.303 e. The van der Waals surface area contributed by atoms with Gasteiger partial charge in [0.2, 0.25) is 0 Å². The molecule has 2 aromatic rings. The zero-order valence-electron chi connectivity index (χ0n) is 13.6. The molecule has 2 N–H and O–H groups in total. The molecule has 1 amide bonds. The molecule has 25 heavy (non-hydrogen) atoms. The van der Waals surface area contributed by atoms with Crippen molar-refractivity contribution in [2.24, 2.45) is 7.05 Å². The van der Waals surface area contributed by atoms with E-state index in [0.29, 0.717) is 36.2 Å². The number of amides is 1. The van der Waals surface area contributed by atoms with Gasteiger partial charge in [0, 0.05) is 43.9 Å². The Labute approximate surface area is 143 Å². The number of aromatic nitrogens is 2. The Morgan fingerprint density at radius 1 is 1.28 bits per heavy atom. The number of carboxylic acid groups (broad SMARTS) is 1. The van der Waals surface area contributed by atoms with E-state index < -0.39 is 10.9 Å². The van der Waals surface area contributed by atoms with Gasteiger partial charge in [-0.05, 0) is 25.0 Å². The van der Waals surface area contributed by atoms with E-state index in [1.165, 1.54) is 16.8 Å². The highest BCUT2D eigenvalue weighted by atomic mass is 16.6. The number of benzene rings is 1. The van der Waals surface area contributed by atoms with Crippen LogP contribution in [0.25, 0.3) is 11.3 Å². The minimum Gasteiger partial charge on any atom is -0.481 e. The highest BCUT2D eigenvalue weighted by molar-refractivity contribution is 5.99. The lowest BCUT2D eigenvalue weighted by molar-refractivity contribution is -0.384. The van der Waals surface area contributed by atoms with Crippen LogP contribution in [0.4, 0.5) is 5.69 Å². The van der Waals surface area contributed by atoms with Crippen LogP contribution in [0.15, 0.2) is 30.5 Å². The molecule has 9 heteroatoms. The number of carboxylic acids is 1. The average molecular weight is 346 g/mol. The van der Waals surface area contributed by atoms with Crippen LogP contribution in [0.1, 0.15) is 29.6 Å². The normalized spacial score (nSPS) is 10.4. The second-order valence-corrected chi connectivity index (χ2v) is 5.48. The molecule has 0 unspecified atom stereocenters. The third kappa shape index (κ3) is 4.87. The summed E-state index contributed by atoms with van der Waals surface area (Å²) >= 11 is 0. The van der Waals surface area contributed by atoms with E-state index in [1.807, 2.05) is 0 Å². The summed E-state index contributed by atoms with van der Waals surface area (Å²) in [7, 11) is 1.68. The van der Waals surface area contributed by atoms with E-state index in [2.05, 4.69) is 10.4 Å². The standard InChI is InChI=1S/C16H18N4O5/c1-19-10-13(16(23)17-9-3-2-4-14(21)22)15(18-19)11-5-7-12(8-6-11)20(24)25/h5-8,10H,2-4,9H2,1H3,(H,17,23)(H,21,22). The number of hydrogen-bond acceptors (Lipinski definition) is 5. The molecule has 1 aromatic carbocycles. The fourth-order valence-electron chi connectivity index (χ4n) is 2.31. The molecule has 0 aliphatic carbocycles. The van der Waals surface area contributed by atoms with E-state index >= 15 is 0 Å². The van der Waals surface area contributed by atoms with Gasteiger partial charge >= 0.3 is 5.97 Å². The van der Waals surface area contributed by atoms with E-state index in [-0.39, 0.29) is 18.0 Å². The first-order valence-electron chi connectivity index (χ1n) is 7.67. The molecule has 0 radical (unpaired) electrons. The van der Waals surface area contributed by atoms with E-state index in [9.17, 15) is 19.7 Å². The largest absolute Gasteiger partial charge is 0.481 e. The minimum atomic E-state index is -0.862. The van der Waals surface area contributed by atoms with Crippen LogP contribution in [-0.4, -0.2) is 38.2 Å². The molecule has 0 fully saturated rings. The lowest BCUT2D eigenvalue weighted by Crippen LogP contribution is -2.24. The lowest BCUT2D eigenvalue weighted by Gasteiger charge is -2.05. The van der Waals surface area contributed by atoms with Gasteiger partial charge in [0.05, 0.1) is 10.5 Å². The Morgan fingerprint density at radius 3 is 2.56 bits per heavy atom. The molecule has 0 spiro atoms. The third-order valence-electron chi connectivity index (χ3n) is 3.53. The van der Waals surface area contributed by atoms with Crippen LogP contribution < -0.4 is 5.32 Å². The van der Waals surface area contributed by atoms with E-state index in [4.69, 9.17) is 5.11 Å². The van der Waals surface area contributed by atoms with Gasteiger partial charge in [0.1, 0.15) is 5.69 Å². The number of nitrogens with zero attached hydrogens (tertiary/aromatic N) is 3. The monoisotopic (exact) mass is 346 g/mol. The maximum atomic E-state index is 12.3. The van der Waals surface area contributed by atoms with Crippen molar-refractivity contribution in [1.82, 2.24) is 15.1 Å². The number of nitro groups is 1. The fourth-order valence-corrected chi connectivity index (χ4v) is 2.31. The number of carbonyl (C=O) groups is 2. The Kier molecular flexibility index (Phi) is 5.83. The van der Waals surface area contributed by atoms with Crippen LogP contribution in [0.3, 0.4) is 0 Å². The van der Waals surface area contributed by atoms with Gasteiger partial charge in [-0.2, -0.15) is 5.10 Å². The molecule has 0 aliphatic heterocycles. The van der Waals surface area contributed by atoms with Crippen LogP contribution in [0.5, 0.6) is 0 Å². The molecule has 2 rings (SSSR count). The van der Waals surface area contributed by atoms with Gasteiger partial charge in [-0.15, -0.1) is 0 Å². The quantitative estimate of drug-likeness (QED) is 0.427. The molecule has 0 saturated carbocycles. The fraction of sp³-hybridized carbons (Fsp3) is 0.312. The number of aliphatic carboxylic acids is 1. The molecule has 0 atom stereocenters. The van der Waals surface area contributed by atoms with Crippen molar-refractivity contribution in [2.75, 3.05) is 6.54 Å². The predicted octanol–water partition coefficient (Wildman–Crippen LogP) is 1.98. The number of carbonyl (C=O) groups excluding carboxylic acids is 1. The van der Waals surface area contributed by atoms with Crippen molar-refractivity contribution >= 4 is 17.6 Å². The molecule has 132 valence electrons. The van der Waals surface area contributed by atoms with Crippen LogP contribution in [0.2, 0.25) is 0 Å². The minimum absolute atomic E-state index is 0.0379. The maximum Gasteiger partial charge on any atom is 0.303 e. The SMILES string of the molecule is Cn1cc(C(=O)NCCCCC(=O)O)c(-c2ccc([N+](=O)[O-])cc2)n1. The number of rotatable bonds is 8. The number of non-ortho nitro benzene ring substituents is 1. The average Bonchev–Trinajstić information content (AvgIpc) is 2.96. The zero-order chi connectivity index (χ0) is 18.4. The first kappa shape index (κ1) is 18.1.